The lowest BCUT2D eigenvalue weighted by Crippen LogP contribution is -2.29. The van der Waals surface area contributed by atoms with Crippen LogP contribution in [0.2, 0.25) is 0 Å². The highest BCUT2D eigenvalue weighted by atomic mass is 79.9. The van der Waals surface area contributed by atoms with Gasteiger partial charge in [-0.15, -0.1) is 0 Å². The zero-order valence-corrected chi connectivity index (χ0v) is 14.5. The number of amides is 1. The van der Waals surface area contributed by atoms with E-state index in [0.717, 1.165) is 6.42 Å². The molecule has 0 bridgehead atoms. The van der Waals surface area contributed by atoms with Crippen molar-refractivity contribution >= 4 is 27.8 Å². The van der Waals surface area contributed by atoms with Crippen molar-refractivity contribution in [3.8, 4) is 11.5 Å². The van der Waals surface area contributed by atoms with Crippen LogP contribution in [0.15, 0.2) is 16.6 Å². The van der Waals surface area contributed by atoms with Crippen molar-refractivity contribution in [2.75, 3.05) is 26.9 Å². The molecule has 0 heterocycles. The fourth-order valence-corrected chi connectivity index (χ4v) is 2.28. The van der Waals surface area contributed by atoms with E-state index in [9.17, 15) is 9.59 Å². The van der Waals surface area contributed by atoms with E-state index in [0.29, 0.717) is 29.1 Å². The van der Waals surface area contributed by atoms with E-state index in [-0.39, 0.29) is 18.1 Å². The molecule has 0 aliphatic heterocycles. The van der Waals surface area contributed by atoms with E-state index in [1.807, 2.05) is 13.8 Å². The molecule has 7 heteroatoms. The number of hydrogen-bond donors (Lipinski definition) is 1. The van der Waals surface area contributed by atoms with Crippen LogP contribution in [-0.4, -0.2) is 38.7 Å². The first-order valence-corrected chi connectivity index (χ1v) is 7.76. The van der Waals surface area contributed by atoms with Crippen molar-refractivity contribution in [1.82, 2.24) is 5.32 Å². The molecule has 0 aliphatic carbocycles. The summed E-state index contributed by atoms with van der Waals surface area (Å²) >= 11 is 3.32. The van der Waals surface area contributed by atoms with Gasteiger partial charge in [-0.25, -0.2) is 4.79 Å². The van der Waals surface area contributed by atoms with E-state index in [2.05, 4.69) is 21.2 Å². The Hall–Kier alpha value is -1.76. The van der Waals surface area contributed by atoms with Gasteiger partial charge >= 0.3 is 5.97 Å². The van der Waals surface area contributed by atoms with Gasteiger partial charge in [0.25, 0.3) is 5.91 Å². The fourth-order valence-electron chi connectivity index (χ4n) is 1.68. The van der Waals surface area contributed by atoms with Crippen LogP contribution in [0.3, 0.4) is 0 Å². The third-order valence-electron chi connectivity index (χ3n) is 2.66. The largest absolute Gasteiger partial charge is 0.492 e. The minimum Gasteiger partial charge on any atom is -0.492 e. The standard InChI is InChI=1S/C15H20BrNO5/c1-4-6-17-13(18)9-22-15(19)10-7-11(16)14(20-3)12(8-10)21-5-2/h7-8H,4-6,9H2,1-3H3,(H,17,18). The summed E-state index contributed by atoms with van der Waals surface area (Å²) in [6.45, 7) is 4.44. The van der Waals surface area contributed by atoms with E-state index < -0.39 is 5.97 Å². The molecular formula is C15H20BrNO5. The highest BCUT2D eigenvalue weighted by molar-refractivity contribution is 9.10. The Balaban J connectivity index is 2.79. The first kappa shape index (κ1) is 18.3. The first-order valence-electron chi connectivity index (χ1n) is 6.97. The molecule has 0 atom stereocenters. The second-order valence-electron chi connectivity index (χ2n) is 4.35. The number of benzene rings is 1. The van der Waals surface area contributed by atoms with Crippen molar-refractivity contribution in [2.24, 2.45) is 0 Å². The molecule has 0 fully saturated rings. The second-order valence-corrected chi connectivity index (χ2v) is 5.20. The van der Waals surface area contributed by atoms with Crippen LogP contribution < -0.4 is 14.8 Å². The Labute approximate surface area is 138 Å². The smallest absolute Gasteiger partial charge is 0.338 e. The molecule has 1 N–H and O–H groups in total. The Morgan fingerprint density at radius 1 is 1.27 bits per heavy atom. The average Bonchev–Trinajstić information content (AvgIpc) is 2.50. The Morgan fingerprint density at radius 2 is 2.00 bits per heavy atom. The lowest BCUT2D eigenvalue weighted by molar-refractivity contribution is -0.124. The lowest BCUT2D eigenvalue weighted by atomic mass is 10.2. The van der Waals surface area contributed by atoms with Crippen LogP contribution in [-0.2, 0) is 9.53 Å². The van der Waals surface area contributed by atoms with Gasteiger partial charge in [0, 0.05) is 6.54 Å². The summed E-state index contributed by atoms with van der Waals surface area (Å²) < 4.78 is 16.2. The van der Waals surface area contributed by atoms with Gasteiger partial charge in [-0.3, -0.25) is 4.79 Å². The number of nitrogens with one attached hydrogen (secondary N) is 1. The molecule has 0 saturated heterocycles. The van der Waals surface area contributed by atoms with E-state index in [1.165, 1.54) is 13.2 Å². The molecular weight excluding hydrogens is 354 g/mol. The number of carbonyl (C=O) groups is 2. The summed E-state index contributed by atoms with van der Waals surface area (Å²) in [7, 11) is 1.51. The highest BCUT2D eigenvalue weighted by Gasteiger charge is 2.17. The topological polar surface area (TPSA) is 73.9 Å². The molecule has 0 aromatic heterocycles. The van der Waals surface area contributed by atoms with Crippen LogP contribution in [0.4, 0.5) is 0 Å². The molecule has 22 heavy (non-hydrogen) atoms. The molecule has 0 radical (unpaired) electrons. The normalized spacial score (nSPS) is 10.0. The molecule has 1 aromatic rings. The molecule has 1 amide bonds. The summed E-state index contributed by atoms with van der Waals surface area (Å²) in [5, 5.41) is 2.63. The van der Waals surface area contributed by atoms with Crippen LogP contribution in [0.25, 0.3) is 0 Å². The van der Waals surface area contributed by atoms with Crippen LogP contribution >= 0.6 is 15.9 Å². The van der Waals surface area contributed by atoms with Gasteiger partial charge in [0.05, 0.1) is 23.8 Å². The van der Waals surface area contributed by atoms with Gasteiger partial charge in [0.1, 0.15) is 0 Å². The number of carbonyl (C=O) groups excluding carboxylic acids is 2. The first-order chi connectivity index (χ1) is 10.5. The molecule has 1 aromatic carbocycles. The SMILES string of the molecule is CCCNC(=O)COC(=O)c1cc(Br)c(OC)c(OCC)c1. The van der Waals surface area contributed by atoms with Crippen molar-refractivity contribution in [3.05, 3.63) is 22.2 Å². The maximum atomic E-state index is 12.0. The van der Waals surface area contributed by atoms with E-state index >= 15 is 0 Å². The molecule has 1 rings (SSSR count). The Morgan fingerprint density at radius 3 is 2.59 bits per heavy atom. The molecule has 0 unspecified atom stereocenters. The zero-order valence-electron chi connectivity index (χ0n) is 12.9. The van der Waals surface area contributed by atoms with Crippen LogP contribution in [0.5, 0.6) is 11.5 Å². The number of rotatable bonds is 8. The van der Waals surface area contributed by atoms with Crippen molar-refractivity contribution in [1.29, 1.82) is 0 Å². The van der Waals surface area contributed by atoms with Gasteiger partial charge in [-0.05, 0) is 41.4 Å². The predicted octanol–water partition coefficient (Wildman–Crippen LogP) is 2.54. The van der Waals surface area contributed by atoms with Gasteiger partial charge < -0.3 is 19.5 Å². The maximum Gasteiger partial charge on any atom is 0.338 e. The number of methoxy groups -OCH3 is 1. The van der Waals surface area contributed by atoms with E-state index in [1.54, 1.807) is 6.07 Å². The van der Waals surface area contributed by atoms with E-state index in [4.69, 9.17) is 14.2 Å². The number of hydrogen-bond acceptors (Lipinski definition) is 5. The molecule has 122 valence electrons. The summed E-state index contributed by atoms with van der Waals surface area (Å²) in [4.78, 5) is 23.4. The fraction of sp³-hybridized carbons (Fsp3) is 0.467. The lowest BCUT2D eigenvalue weighted by Gasteiger charge is -2.13. The highest BCUT2D eigenvalue weighted by Crippen LogP contribution is 2.36. The third-order valence-corrected chi connectivity index (χ3v) is 3.24. The quantitative estimate of drug-likeness (QED) is 0.708. The predicted molar refractivity (Wildman–Crippen MR) is 85.4 cm³/mol. The van der Waals surface area contributed by atoms with Gasteiger partial charge in [0.15, 0.2) is 18.1 Å². The summed E-state index contributed by atoms with van der Waals surface area (Å²) in [6.07, 6.45) is 0.822. The Bertz CT molecular complexity index is 533. The maximum absolute atomic E-state index is 12.0. The average molecular weight is 374 g/mol. The Kier molecular flexibility index (Phi) is 7.73. The minimum atomic E-state index is -0.601. The second kappa shape index (κ2) is 9.30. The van der Waals surface area contributed by atoms with Crippen molar-refractivity contribution in [2.45, 2.75) is 20.3 Å². The summed E-state index contributed by atoms with van der Waals surface area (Å²) in [5.41, 5.74) is 0.277. The summed E-state index contributed by atoms with van der Waals surface area (Å²) in [5.74, 6) is 0.00427. The van der Waals surface area contributed by atoms with Crippen molar-refractivity contribution in [3.63, 3.8) is 0 Å². The minimum absolute atomic E-state index is 0.277. The zero-order chi connectivity index (χ0) is 16.5. The molecule has 0 saturated carbocycles. The van der Waals surface area contributed by atoms with Gasteiger partial charge in [0.2, 0.25) is 0 Å². The van der Waals surface area contributed by atoms with Crippen molar-refractivity contribution < 1.29 is 23.8 Å². The number of esters is 1. The number of halogens is 1. The van der Waals surface area contributed by atoms with Gasteiger partial charge in [-0.1, -0.05) is 6.92 Å². The summed E-state index contributed by atoms with van der Waals surface area (Å²) in [6, 6.07) is 3.09. The van der Waals surface area contributed by atoms with Gasteiger partial charge in [-0.2, -0.15) is 0 Å². The number of ether oxygens (including phenoxy) is 3. The third kappa shape index (κ3) is 5.22. The molecule has 6 nitrogen and oxygen atoms in total. The van der Waals surface area contributed by atoms with Crippen LogP contribution in [0.1, 0.15) is 30.6 Å². The molecule has 0 aliphatic rings. The monoisotopic (exact) mass is 373 g/mol. The van der Waals surface area contributed by atoms with Crippen LogP contribution in [0, 0.1) is 0 Å². The molecule has 0 spiro atoms.